The number of primary amides is 1. The third-order valence-electron chi connectivity index (χ3n) is 7.91. The Morgan fingerprint density at radius 2 is 1.63 bits per heavy atom. The summed E-state index contributed by atoms with van der Waals surface area (Å²) >= 11 is 0. The van der Waals surface area contributed by atoms with Crippen LogP contribution in [0.3, 0.4) is 0 Å². The number of carbonyl (C=O) groups is 6. The molecule has 2 aromatic carbocycles. The molecule has 4 atom stereocenters. The van der Waals surface area contributed by atoms with Crippen molar-refractivity contribution in [2.45, 2.75) is 57.3 Å². The molecule has 6 amide bonds. The largest absolute Gasteiger partial charge is 0.492 e. The van der Waals surface area contributed by atoms with E-state index in [4.69, 9.17) is 31.9 Å². The number of benzene rings is 2. The van der Waals surface area contributed by atoms with Crippen LogP contribution in [0.5, 0.6) is 11.5 Å². The molecule has 51 heavy (non-hydrogen) atoms. The number of ether oxygens (including phenoxy) is 2. The van der Waals surface area contributed by atoms with E-state index < -0.39 is 59.6 Å². The third kappa shape index (κ3) is 10.9. The fourth-order valence-corrected chi connectivity index (χ4v) is 5.49. The normalized spacial score (nSPS) is 17.7. The van der Waals surface area contributed by atoms with Gasteiger partial charge in [-0.3, -0.25) is 28.8 Å². The zero-order valence-electron chi connectivity index (χ0n) is 28.8. The van der Waals surface area contributed by atoms with Crippen LogP contribution in [-0.2, 0) is 35.2 Å². The van der Waals surface area contributed by atoms with Gasteiger partial charge < -0.3 is 52.8 Å². The summed E-state index contributed by atoms with van der Waals surface area (Å²) in [6, 6.07) is 6.84. The van der Waals surface area contributed by atoms with Crippen LogP contribution in [0.4, 0.5) is 0 Å². The molecule has 0 aliphatic carbocycles. The van der Waals surface area contributed by atoms with E-state index in [2.05, 4.69) is 21.3 Å². The molecule has 0 saturated heterocycles. The molecule has 2 aromatic rings. The molecular weight excluding hydrogens is 662 g/mol. The van der Waals surface area contributed by atoms with Gasteiger partial charge in [0.1, 0.15) is 55.4 Å². The van der Waals surface area contributed by atoms with E-state index in [1.807, 2.05) is 6.07 Å². The van der Waals surface area contributed by atoms with Gasteiger partial charge in [-0.15, -0.1) is 0 Å². The molecule has 1 heterocycles. The summed E-state index contributed by atoms with van der Waals surface area (Å²) in [5.41, 5.74) is 18.6. The van der Waals surface area contributed by atoms with Gasteiger partial charge in [0.25, 0.3) is 0 Å². The molecule has 0 aromatic heterocycles. The lowest BCUT2D eigenvalue weighted by molar-refractivity contribution is -0.143. The average molecular weight is 708 g/mol. The van der Waals surface area contributed by atoms with Gasteiger partial charge in [0.05, 0.1) is 6.07 Å². The van der Waals surface area contributed by atoms with Crippen molar-refractivity contribution >= 4 is 35.4 Å². The summed E-state index contributed by atoms with van der Waals surface area (Å²) in [4.78, 5) is 79.4. The standard InChI is InChI=1S/C34H45N9O8/c1-19-31(46)42-26(32(47)39-13-10-35)17-21-4-7-27(50-14-11-36)23(16-21)24-18-22(5-8-28(24)51-15-12-37)30(33(48)40-19)43(3)34(49)25(41-20(2)44)6-9-29(38)45/h4-5,7-8,16,18-19,25-26,30H,6,9,11-15,17,36-37H2,1-3H3,(H2,38,45)(H,39,47)(H,40,48)(H,41,44)(H,42,46)/t19-,25-,26-,30-/m0/s1. The Labute approximate surface area is 295 Å². The van der Waals surface area contributed by atoms with Crippen molar-refractivity contribution < 1.29 is 38.2 Å². The lowest BCUT2D eigenvalue weighted by Crippen LogP contribution is -2.56. The second-order valence-corrected chi connectivity index (χ2v) is 11.8. The maximum atomic E-state index is 14.2. The van der Waals surface area contributed by atoms with Crippen molar-refractivity contribution in [2.75, 3.05) is 39.9 Å². The van der Waals surface area contributed by atoms with Crippen LogP contribution in [0, 0.1) is 11.3 Å². The van der Waals surface area contributed by atoms with Gasteiger partial charge in [-0.1, -0.05) is 12.1 Å². The van der Waals surface area contributed by atoms with E-state index in [1.165, 1.54) is 20.9 Å². The van der Waals surface area contributed by atoms with Crippen LogP contribution >= 0.6 is 0 Å². The summed E-state index contributed by atoms with van der Waals surface area (Å²) in [6.45, 7) is 2.98. The molecule has 17 nitrogen and oxygen atoms in total. The van der Waals surface area contributed by atoms with Crippen molar-refractivity contribution in [1.82, 2.24) is 26.2 Å². The Bertz CT molecular complexity index is 1660. The highest BCUT2D eigenvalue weighted by atomic mass is 16.5. The van der Waals surface area contributed by atoms with Gasteiger partial charge >= 0.3 is 0 Å². The summed E-state index contributed by atoms with van der Waals surface area (Å²) in [6.07, 6.45) is -0.352. The Morgan fingerprint density at radius 3 is 2.22 bits per heavy atom. The first-order chi connectivity index (χ1) is 24.3. The number of likely N-dealkylation sites (N-methyl/N-ethyl adjacent to an activating group) is 1. The number of hydrogen-bond acceptors (Lipinski definition) is 11. The van der Waals surface area contributed by atoms with Crippen LogP contribution in [0.1, 0.15) is 43.9 Å². The summed E-state index contributed by atoms with van der Waals surface area (Å²) in [5.74, 6) is -3.31. The summed E-state index contributed by atoms with van der Waals surface area (Å²) in [7, 11) is 1.35. The van der Waals surface area contributed by atoms with E-state index in [1.54, 1.807) is 36.4 Å². The topological polar surface area (TPSA) is 274 Å². The number of hydrogen-bond donors (Lipinski definition) is 7. The van der Waals surface area contributed by atoms with Gasteiger partial charge in [-0.25, -0.2) is 0 Å². The third-order valence-corrected chi connectivity index (χ3v) is 7.91. The number of amides is 6. The second kappa shape index (κ2) is 18.9. The minimum absolute atomic E-state index is 0.00221. The van der Waals surface area contributed by atoms with Crippen LogP contribution in [-0.4, -0.2) is 98.4 Å². The van der Waals surface area contributed by atoms with Gasteiger partial charge in [0.2, 0.25) is 35.4 Å². The van der Waals surface area contributed by atoms with Gasteiger partial charge in [0.15, 0.2) is 0 Å². The number of rotatable bonds is 14. The van der Waals surface area contributed by atoms with Crippen molar-refractivity contribution in [1.29, 1.82) is 5.26 Å². The zero-order chi connectivity index (χ0) is 37.7. The van der Waals surface area contributed by atoms with E-state index >= 15 is 0 Å². The monoisotopic (exact) mass is 707 g/mol. The smallest absolute Gasteiger partial charge is 0.248 e. The number of nitrogens with two attached hydrogens (primary N) is 3. The predicted octanol–water partition coefficient (Wildman–Crippen LogP) is -1.52. The lowest BCUT2D eigenvalue weighted by atomic mass is 9.93. The highest BCUT2D eigenvalue weighted by Crippen LogP contribution is 2.40. The van der Waals surface area contributed by atoms with E-state index in [0.29, 0.717) is 33.8 Å². The fraction of sp³-hybridized carbons (Fsp3) is 0.441. The molecule has 10 N–H and O–H groups in total. The van der Waals surface area contributed by atoms with Crippen LogP contribution in [0.25, 0.3) is 11.1 Å². The molecule has 0 radical (unpaired) electrons. The molecule has 0 fully saturated rings. The van der Waals surface area contributed by atoms with Crippen molar-refractivity contribution in [3.05, 3.63) is 47.5 Å². The molecule has 17 heteroatoms. The molecule has 4 bridgehead atoms. The van der Waals surface area contributed by atoms with Gasteiger partial charge in [-0.2, -0.15) is 5.26 Å². The van der Waals surface area contributed by atoms with Crippen LogP contribution in [0.2, 0.25) is 0 Å². The Morgan fingerprint density at radius 1 is 1.00 bits per heavy atom. The second-order valence-electron chi connectivity index (χ2n) is 11.8. The minimum Gasteiger partial charge on any atom is -0.492 e. The van der Waals surface area contributed by atoms with E-state index in [9.17, 15) is 28.8 Å². The highest BCUT2D eigenvalue weighted by molar-refractivity contribution is 5.96. The first-order valence-electron chi connectivity index (χ1n) is 16.3. The Hall–Kier alpha value is -5.73. The molecule has 1 aliphatic heterocycles. The number of nitrogens with one attached hydrogen (secondary N) is 4. The van der Waals surface area contributed by atoms with Gasteiger partial charge in [0, 0.05) is 51.0 Å². The predicted molar refractivity (Wildman–Crippen MR) is 184 cm³/mol. The van der Waals surface area contributed by atoms with E-state index in [-0.39, 0.29) is 52.1 Å². The molecule has 274 valence electrons. The Kier molecular flexibility index (Phi) is 14.7. The molecular formula is C34H45N9O8. The zero-order valence-corrected chi connectivity index (χ0v) is 28.8. The van der Waals surface area contributed by atoms with Crippen LogP contribution < -0.4 is 47.9 Å². The number of nitriles is 1. The maximum absolute atomic E-state index is 14.2. The van der Waals surface area contributed by atoms with Crippen LogP contribution in [0.15, 0.2) is 36.4 Å². The highest BCUT2D eigenvalue weighted by Gasteiger charge is 2.36. The van der Waals surface area contributed by atoms with Gasteiger partial charge in [-0.05, 0) is 48.7 Å². The summed E-state index contributed by atoms with van der Waals surface area (Å²) < 4.78 is 12.0. The Balaban J connectivity index is 2.30. The first-order valence-corrected chi connectivity index (χ1v) is 16.3. The molecule has 3 rings (SSSR count). The SMILES string of the molecule is CC(=O)N[C@@H](CCC(N)=O)C(=O)N(C)[C@@H]1C(=O)N[C@@H](C)C(=O)N[C@H](C(=O)NCC#N)Cc2ccc(OCCN)c(c2)-c2cc1ccc2OCCN. The van der Waals surface area contributed by atoms with Crippen molar-refractivity contribution in [2.24, 2.45) is 17.2 Å². The number of fused-ring (bicyclic) bond motifs is 5. The maximum Gasteiger partial charge on any atom is 0.248 e. The van der Waals surface area contributed by atoms with E-state index in [0.717, 1.165) is 4.90 Å². The quantitative estimate of drug-likeness (QED) is 0.111. The minimum atomic E-state index is -1.39. The molecule has 1 aliphatic rings. The molecule has 0 spiro atoms. The number of carbonyl (C=O) groups excluding carboxylic acids is 6. The average Bonchev–Trinajstić information content (AvgIpc) is 3.09. The van der Waals surface area contributed by atoms with Crippen molar-refractivity contribution in [3.63, 3.8) is 0 Å². The fourth-order valence-electron chi connectivity index (χ4n) is 5.49. The number of nitrogens with zero attached hydrogens (tertiary/aromatic N) is 2. The first kappa shape index (κ1) is 39.7. The molecule has 0 saturated carbocycles. The molecule has 0 unspecified atom stereocenters. The lowest BCUT2D eigenvalue weighted by Gasteiger charge is -2.32. The summed E-state index contributed by atoms with van der Waals surface area (Å²) in [5, 5.41) is 19.3. The van der Waals surface area contributed by atoms with Crippen molar-refractivity contribution in [3.8, 4) is 28.7 Å².